The van der Waals surface area contributed by atoms with Gasteiger partial charge in [-0.2, -0.15) is 8.42 Å². The molecule has 0 aromatic heterocycles. The fourth-order valence-electron chi connectivity index (χ4n) is 9.36. The molecule has 4 rings (SSSR count). The lowest BCUT2D eigenvalue weighted by Crippen LogP contribution is -2.62. The highest BCUT2D eigenvalue weighted by Gasteiger charge is 2.65. The Balaban J connectivity index is 1.44. The van der Waals surface area contributed by atoms with E-state index in [4.69, 9.17) is 4.55 Å². The van der Waals surface area contributed by atoms with Crippen LogP contribution in [0.25, 0.3) is 0 Å². The Morgan fingerprint density at radius 3 is 2.33 bits per heavy atom. The van der Waals surface area contributed by atoms with Crippen LogP contribution >= 0.6 is 0 Å². The largest absolute Gasteiger partial charge is 0.397 e. The molecule has 0 unspecified atom stereocenters. The van der Waals surface area contributed by atoms with E-state index >= 15 is 0 Å². The molecular formula is C27H48O8S. The molecule has 0 saturated heterocycles. The van der Waals surface area contributed by atoms with Gasteiger partial charge in [0.1, 0.15) is 0 Å². The van der Waals surface area contributed by atoms with Crippen molar-refractivity contribution in [1.82, 2.24) is 0 Å². The van der Waals surface area contributed by atoms with Gasteiger partial charge < -0.3 is 20.4 Å². The molecule has 4 fully saturated rings. The first-order valence-corrected chi connectivity index (χ1v) is 15.4. The van der Waals surface area contributed by atoms with Gasteiger partial charge >= 0.3 is 10.4 Å². The molecule has 0 radical (unpaired) electrons. The molecule has 210 valence electrons. The van der Waals surface area contributed by atoms with E-state index in [0.717, 1.165) is 44.9 Å². The van der Waals surface area contributed by atoms with Crippen LogP contribution in [0.2, 0.25) is 0 Å². The summed E-state index contributed by atoms with van der Waals surface area (Å²) in [4.78, 5) is 0. The summed E-state index contributed by atoms with van der Waals surface area (Å²) in [7, 11) is -4.53. The smallest absolute Gasteiger partial charge is 0.393 e. The van der Waals surface area contributed by atoms with Gasteiger partial charge in [0.25, 0.3) is 0 Å². The minimum atomic E-state index is -4.53. The lowest BCUT2D eigenvalue weighted by atomic mass is 9.43. The van der Waals surface area contributed by atoms with Crippen LogP contribution in [0.1, 0.15) is 85.5 Å². The lowest BCUT2D eigenvalue weighted by molar-refractivity contribution is -0.207. The molecule has 0 bridgehead atoms. The summed E-state index contributed by atoms with van der Waals surface area (Å²) in [6.45, 7) is 8.17. The molecule has 5 N–H and O–H groups in total. The van der Waals surface area contributed by atoms with Crippen molar-refractivity contribution in [3.8, 4) is 0 Å². The summed E-state index contributed by atoms with van der Waals surface area (Å²) >= 11 is 0. The zero-order valence-electron chi connectivity index (χ0n) is 22.3. The molecule has 8 nitrogen and oxygen atoms in total. The van der Waals surface area contributed by atoms with E-state index in [9.17, 15) is 28.8 Å². The molecule has 4 aliphatic carbocycles. The van der Waals surface area contributed by atoms with Crippen LogP contribution in [-0.4, -0.2) is 64.4 Å². The van der Waals surface area contributed by atoms with E-state index < -0.39 is 34.6 Å². The topological polar surface area (TPSA) is 145 Å². The predicted molar refractivity (Wildman–Crippen MR) is 135 cm³/mol. The van der Waals surface area contributed by atoms with Gasteiger partial charge in [-0.25, -0.2) is 4.18 Å². The number of hydrogen-bond donors (Lipinski definition) is 5. The Morgan fingerprint density at radius 2 is 1.67 bits per heavy atom. The average molecular weight is 533 g/mol. The van der Waals surface area contributed by atoms with Gasteiger partial charge in [-0.1, -0.05) is 27.7 Å². The third kappa shape index (κ3) is 5.15. The number of aliphatic hydroxyl groups excluding tert-OH is 4. The summed E-state index contributed by atoms with van der Waals surface area (Å²) in [5.41, 5.74) is -0.233. The Bertz CT molecular complexity index is 881. The number of fused-ring (bicyclic) bond motifs is 5. The Labute approximate surface area is 216 Å². The SMILES string of the molecule is C[C@H](CC[C@@H](O)[C@@H](C)COS(=O)(=O)O)[C@H]1CC[C@H]2[C@@H]3[C@H](O)C[C@@H]4C[C@H](O)CC[C@]4(C)[C@H]3C[C@H](O)[C@]12C. The maximum Gasteiger partial charge on any atom is 0.397 e. The molecule has 0 aliphatic heterocycles. The van der Waals surface area contributed by atoms with Crippen molar-refractivity contribution in [2.45, 2.75) is 110 Å². The average Bonchev–Trinajstić information content (AvgIpc) is 3.15. The third-order valence-corrected chi connectivity index (χ3v) is 12.0. The van der Waals surface area contributed by atoms with Gasteiger partial charge in [-0.05, 0) is 104 Å². The maximum absolute atomic E-state index is 11.7. The standard InChI is InChI=1S/C27H48O8S/c1-15(5-8-22(29)16(2)14-35-36(32,33)34)19-6-7-20-25-21(13-24(31)27(19,20)4)26(3)10-9-18(28)11-17(26)12-23(25)30/h15-25,28-31H,5-14H2,1-4H3,(H,32,33,34)/t15-,16+,17+,18-,19-,20+,21+,22-,23-,24+,25+,26+,27-/m1/s1. The van der Waals surface area contributed by atoms with E-state index in [1.807, 2.05) is 0 Å². The predicted octanol–water partition coefficient (Wildman–Crippen LogP) is 3.18. The molecule has 0 amide bonds. The summed E-state index contributed by atoms with van der Waals surface area (Å²) in [6.07, 6.45) is 5.31. The number of rotatable bonds is 8. The van der Waals surface area contributed by atoms with Crippen LogP contribution in [0.4, 0.5) is 0 Å². The van der Waals surface area contributed by atoms with E-state index in [1.54, 1.807) is 6.92 Å². The fraction of sp³-hybridized carbons (Fsp3) is 1.00. The van der Waals surface area contributed by atoms with Gasteiger partial charge in [0.05, 0.1) is 31.0 Å². The summed E-state index contributed by atoms with van der Waals surface area (Å²) < 4.78 is 34.9. The van der Waals surface area contributed by atoms with Crippen LogP contribution in [0, 0.1) is 52.3 Å². The van der Waals surface area contributed by atoms with Crippen molar-refractivity contribution in [1.29, 1.82) is 0 Å². The first kappa shape index (κ1) is 28.7. The first-order valence-electron chi connectivity index (χ1n) is 14.0. The van der Waals surface area contributed by atoms with Crippen LogP contribution in [0.3, 0.4) is 0 Å². The summed E-state index contributed by atoms with van der Waals surface area (Å²) in [5.74, 6) is 1.10. The normalized spacial score (nSPS) is 47.4. The highest BCUT2D eigenvalue weighted by molar-refractivity contribution is 7.80. The van der Waals surface area contributed by atoms with Gasteiger partial charge in [-0.15, -0.1) is 0 Å². The second kappa shape index (κ2) is 10.4. The highest BCUT2D eigenvalue weighted by atomic mass is 32.3. The van der Waals surface area contributed by atoms with Gasteiger partial charge in [-0.3, -0.25) is 4.55 Å². The summed E-state index contributed by atoms with van der Waals surface area (Å²) in [5, 5.41) is 43.9. The van der Waals surface area contributed by atoms with Crippen molar-refractivity contribution >= 4 is 10.4 Å². The van der Waals surface area contributed by atoms with Crippen LogP contribution in [-0.2, 0) is 14.6 Å². The van der Waals surface area contributed by atoms with Crippen LogP contribution in [0.5, 0.6) is 0 Å². The Kier molecular flexibility index (Phi) is 8.26. The molecular weight excluding hydrogens is 484 g/mol. The molecule has 4 aliphatic rings. The quantitative estimate of drug-likeness (QED) is 0.300. The highest BCUT2D eigenvalue weighted by Crippen LogP contribution is 2.68. The van der Waals surface area contributed by atoms with Crippen molar-refractivity contribution in [2.24, 2.45) is 52.3 Å². The Hall–Kier alpha value is -0.290. The minimum absolute atomic E-state index is 0.0551. The van der Waals surface area contributed by atoms with E-state index in [0.29, 0.717) is 18.8 Å². The van der Waals surface area contributed by atoms with Gasteiger partial charge in [0, 0.05) is 5.92 Å². The second-order valence-corrected chi connectivity index (χ2v) is 14.4. The second-order valence-electron chi connectivity index (χ2n) is 13.3. The monoisotopic (exact) mass is 532 g/mol. The van der Waals surface area contributed by atoms with Crippen molar-refractivity contribution < 1.29 is 37.6 Å². The lowest BCUT2D eigenvalue weighted by Gasteiger charge is -2.63. The van der Waals surface area contributed by atoms with E-state index in [1.165, 1.54) is 0 Å². The molecule has 0 aromatic rings. The van der Waals surface area contributed by atoms with Crippen LogP contribution < -0.4 is 0 Å². The zero-order valence-corrected chi connectivity index (χ0v) is 23.1. The minimum Gasteiger partial charge on any atom is -0.393 e. The molecule has 13 atom stereocenters. The van der Waals surface area contributed by atoms with Crippen LogP contribution in [0.15, 0.2) is 0 Å². The van der Waals surface area contributed by atoms with Crippen molar-refractivity contribution in [2.75, 3.05) is 6.61 Å². The molecule has 36 heavy (non-hydrogen) atoms. The maximum atomic E-state index is 11.7. The van der Waals surface area contributed by atoms with Gasteiger partial charge in [0.2, 0.25) is 0 Å². The molecule has 0 aromatic carbocycles. The molecule has 0 heterocycles. The van der Waals surface area contributed by atoms with E-state index in [2.05, 4.69) is 25.0 Å². The first-order chi connectivity index (χ1) is 16.7. The van der Waals surface area contributed by atoms with Crippen molar-refractivity contribution in [3.05, 3.63) is 0 Å². The molecule has 0 spiro atoms. The van der Waals surface area contributed by atoms with E-state index in [-0.39, 0.29) is 53.1 Å². The number of hydrogen-bond acceptors (Lipinski definition) is 7. The Morgan fingerprint density at radius 1 is 0.972 bits per heavy atom. The zero-order chi connectivity index (χ0) is 26.6. The molecule has 4 saturated carbocycles. The fourth-order valence-corrected chi connectivity index (χ4v) is 9.74. The number of aliphatic hydroxyl groups is 4. The third-order valence-electron chi connectivity index (χ3n) is 11.6. The summed E-state index contributed by atoms with van der Waals surface area (Å²) in [6, 6.07) is 0. The molecule has 9 heteroatoms. The van der Waals surface area contributed by atoms with Gasteiger partial charge in [0.15, 0.2) is 0 Å². The van der Waals surface area contributed by atoms with Crippen molar-refractivity contribution in [3.63, 3.8) is 0 Å².